The Morgan fingerprint density at radius 2 is 2.40 bits per heavy atom. The first-order valence-corrected chi connectivity index (χ1v) is 5.45. The third kappa shape index (κ3) is 2.02. The summed E-state index contributed by atoms with van der Waals surface area (Å²) in [5.41, 5.74) is 2.23. The predicted octanol–water partition coefficient (Wildman–Crippen LogP) is 2.62. The SMILES string of the molecule is CCC[C@H](NC)c1cnc2[nH]ccc2c1. The van der Waals surface area contributed by atoms with Crippen molar-refractivity contribution < 1.29 is 0 Å². The zero-order valence-corrected chi connectivity index (χ0v) is 9.25. The lowest BCUT2D eigenvalue weighted by atomic mass is 10.0. The molecule has 80 valence electrons. The van der Waals surface area contributed by atoms with Crippen LogP contribution in [0.5, 0.6) is 0 Å². The summed E-state index contributed by atoms with van der Waals surface area (Å²) in [6.07, 6.45) is 6.20. The summed E-state index contributed by atoms with van der Waals surface area (Å²) in [6.45, 7) is 2.20. The van der Waals surface area contributed by atoms with Gasteiger partial charge in [0.15, 0.2) is 0 Å². The molecule has 3 heteroatoms. The highest BCUT2D eigenvalue weighted by atomic mass is 14.9. The predicted molar refractivity (Wildman–Crippen MR) is 62.8 cm³/mol. The molecule has 0 aromatic carbocycles. The van der Waals surface area contributed by atoms with Crippen LogP contribution in [-0.2, 0) is 0 Å². The first-order valence-electron chi connectivity index (χ1n) is 5.45. The summed E-state index contributed by atoms with van der Waals surface area (Å²) < 4.78 is 0. The average molecular weight is 203 g/mol. The first-order chi connectivity index (χ1) is 7.35. The normalized spacial score (nSPS) is 13.2. The molecule has 0 fully saturated rings. The minimum absolute atomic E-state index is 0.418. The van der Waals surface area contributed by atoms with Crippen LogP contribution in [0.25, 0.3) is 11.0 Å². The molecule has 3 nitrogen and oxygen atoms in total. The summed E-state index contributed by atoms with van der Waals surface area (Å²) in [5.74, 6) is 0. The molecule has 0 aliphatic carbocycles. The zero-order chi connectivity index (χ0) is 10.7. The fourth-order valence-electron chi connectivity index (χ4n) is 1.91. The number of rotatable bonds is 4. The molecule has 2 N–H and O–H groups in total. The van der Waals surface area contributed by atoms with Crippen LogP contribution in [-0.4, -0.2) is 17.0 Å². The molecule has 0 bridgehead atoms. The lowest BCUT2D eigenvalue weighted by Crippen LogP contribution is -2.16. The molecule has 15 heavy (non-hydrogen) atoms. The summed E-state index contributed by atoms with van der Waals surface area (Å²) >= 11 is 0. The van der Waals surface area contributed by atoms with E-state index in [1.807, 2.05) is 19.4 Å². The Kier molecular flexibility index (Phi) is 3.02. The Morgan fingerprint density at radius 1 is 1.53 bits per heavy atom. The number of hydrogen-bond acceptors (Lipinski definition) is 2. The topological polar surface area (TPSA) is 40.7 Å². The van der Waals surface area contributed by atoms with Crippen LogP contribution in [0.2, 0.25) is 0 Å². The van der Waals surface area contributed by atoms with E-state index in [1.165, 1.54) is 17.4 Å². The van der Waals surface area contributed by atoms with Crippen LogP contribution >= 0.6 is 0 Å². The molecule has 0 saturated carbocycles. The van der Waals surface area contributed by atoms with E-state index in [0.29, 0.717) is 6.04 Å². The lowest BCUT2D eigenvalue weighted by Gasteiger charge is -2.15. The largest absolute Gasteiger partial charge is 0.346 e. The number of nitrogens with one attached hydrogen (secondary N) is 2. The Hall–Kier alpha value is -1.35. The molecule has 0 saturated heterocycles. The third-order valence-corrected chi connectivity index (χ3v) is 2.75. The zero-order valence-electron chi connectivity index (χ0n) is 9.25. The molecule has 0 amide bonds. The molecule has 0 aliphatic heterocycles. The number of hydrogen-bond donors (Lipinski definition) is 2. The van der Waals surface area contributed by atoms with Gasteiger partial charge in [-0.3, -0.25) is 0 Å². The number of aromatic nitrogens is 2. The highest BCUT2D eigenvalue weighted by Gasteiger charge is 2.09. The van der Waals surface area contributed by atoms with E-state index in [0.717, 1.165) is 12.1 Å². The van der Waals surface area contributed by atoms with E-state index < -0.39 is 0 Å². The Bertz CT molecular complexity index is 433. The summed E-state index contributed by atoms with van der Waals surface area (Å²) in [6, 6.07) is 4.68. The van der Waals surface area contributed by atoms with Gasteiger partial charge in [-0.25, -0.2) is 4.98 Å². The van der Waals surface area contributed by atoms with Gasteiger partial charge in [0.1, 0.15) is 5.65 Å². The number of nitrogens with zero attached hydrogens (tertiary/aromatic N) is 1. The third-order valence-electron chi connectivity index (χ3n) is 2.75. The second-order valence-corrected chi connectivity index (χ2v) is 3.81. The average Bonchev–Trinajstić information content (AvgIpc) is 2.72. The second-order valence-electron chi connectivity index (χ2n) is 3.81. The lowest BCUT2D eigenvalue weighted by molar-refractivity contribution is 0.541. The van der Waals surface area contributed by atoms with Gasteiger partial charge in [0.05, 0.1) is 0 Å². The highest BCUT2D eigenvalue weighted by Crippen LogP contribution is 2.20. The quantitative estimate of drug-likeness (QED) is 0.802. The van der Waals surface area contributed by atoms with Crippen LogP contribution in [0.15, 0.2) is 24.5 Å². The molecular formula is C12H17N3. The van der Waals surface area contributed by atoms with Crippen molar-refractivity contribution in [1.29, 1.82) is 0 Å². The van der Waals surface area contributed by atoms with Crippen LogP contribution in [0, 0.1) is 0 Å². The molecule has 2 heterocycles. The van der Waals surface area contributed by atoms with E-state index in [2.05, 4.69) is 34.3 Å². The molecule has 0 radical (unpaired) electrons. The van der Waals surface area contributed by atoms with Crippen molar-refractivity contribution in [2.75, 3.05) is 7.05 Å². The van der Waals surface area contributed by atoms with Crippen molar-refractivity contribution >= 4 is 11.0 Å². The standard InChI is InChI=1S/C12H17N3/c1-3-4-11(13-2)10-7-9-5-6-14-12(9)15-8-10/h5-8,11,13H,3-4H2,1-2H3,(H,14,15)/t11-/m0/s1. The van der Waals surface area contributed by atoms with E-state index in [1.54, 1.807) is 0 Å². The van der Waals surface area contributed by atoms with Crippen LogP contribution in [0.1, 0.15) is 31.4 Å². The number of aromatic amines is 1. The molecule has 0 aliphatic rings. The fraction of sp³-hybridized carbons (Fsp3) is 0.417. The minimum atomic E-state index is 0.418. The first kappa shape index (κ1) is 10.2. The van der Waals surface area contributed by atoms with Crippen molar-refractivity contribution in [3.8, 4) is 0 Å². The van der Waals surface area contributed by atoms with Crippen molar-refractivity contribution in [1.82, 2.24) is 15.3 Å². The summed E-state index contributed by atoms with van der Waals surface area (Å²) in [5, 5.41) is 4.51. The smallest absolute Gasteiger partial charge is 0.137 e. The van der Waals surface area contributed by atoms with Crippen molar-refractivity contribution in [3.63, 3.8) is 0 Å². The van der Waals surface area contributed by atoms with E-state index in [-0.39, 0.29) is 0 Å². The van der Waals surface area contributed by atoms with Crippen LogP contribution < -0.4 is 5.32 Å². The molecule has 2 aromatic heterocycles. The van der Waals surface area contributed by atoms with Gasteiger partial charge in [-0.05, 0) is 31.2 Å². The molecule has 0 unspecified atom stereocenters. The van der Waals surface area contributed by atoms with Gasteiger partial charge in [-0.15, -0.1) is 0 Å². The maximum absolute atomic E-state index is 4.40. The maximum atomic E-state index is 4.40. The van der Waals surface area contributed by atoms with Crippen molar-refractivity contribution in [2.24, 2.45) is 0 Å². The molecule has 2 aromatic rings. The van der Waals surface area contributed by atoms with Gasteiger partial charge >= 0.3 is 0 Å². The maximum Gasteiger partial charge on any atom is 0.137 e. The number of H-pyrrole nitrogens is 1. The van der Waals surface area contributed by atoms with Gasteiger partial charge in [-0.1, -0.05) is 13.3 Å². The van der Waals surface area contributed by atoms with Gasteiger partial charge < -0.3 is 10.3 Å². The number of fused-ring (bicyclic) bond motifs is 1. The molecule has 2 rings (SSSR count). The Balaban J connectivity index is 2.33. The minimum Gasteiger partial charge on any atom is -0.346 e. The summed E-state index contributed by atoms with van der Waals surface area (Å²) in [4.78, 5) is 7.50. The van der Waals surface area contributed by atoms with E-state index in [4.69, 9.17) is 0 Å². The summed E-state index contributed by atoms with van der Waals surface area (Å²) in [7, 11) is 2.00. The highest BCUT2D eigenvalue weighted by molar-refractivity contribution is 5.75. The Labute approximate surface area is 89.9 Å². The monoisotopic (exact) mass is 203 g/mol. The van der Waals surface area contributed by atoms with E-state index >= 15 is 0 Å². The molecular weight excluding hydrogens is 186 g/mol. The Morgan fingerprint density at radius 3 is 3.13 bits per heavy atom. The van der Waals surface area contributed by atoms with Gasteiger partial charge in [0, 0.05) is 23.8 Å². The molecule has 0 spiro atoms. The van der Waals surface area contributed by atoms with Gasteiger partial charge in [0.25, 0.3) is 0 Å². The van der Waals surface area contributed by atoms with E-state index in [9.17, 15) is 0 Å². The van der Waals surface area contributed by atoms with Crippen LogP contribution in [0.4, 0.5) is 0 Å². The van der Waals surface area contributed by atoms with Crippen LogP contribution in [0.3, 0.4) is 0 Å². The second kappa shape index (κ2) is 4.45. The van der Waals surface area contributed by atoms with Gasteiger partial charge in [-0.2, -0.15) is 0 Å². The fourth-order valence-corrected chi connectivity index (χ4v) is 1.91. The van der Waals surface area contributed by atoms with Crippen molar-refractivity contribution in [2.45, 2.75) is 25.8 Å². The number of pyridine rings is 1. The molecule has 1 atom stereocenters. The van der Waals surface area contributed by atoms with Gasteiger partial charge in [0.2, 0.25) is 0 Å². The van der Waals surface area contributed by atoms with Crippen molar-refractivity contribution in [3.05, 3.63) is 30.1 Å².